The molecule has 0 aliphatic heterocycles. The molecular weight excluding hydrogens is 302 g/mol. The fourth-order valence-corrected chi connectivity index (χ4v) is 2.52. The van der Waals surface area contributed by atoms with E-state index in [4.69, 9.17) is 5.11 Å². The van der Waals surface area contributed by atoms with E-state index in [9.17, 15) is 9.59 Å². The van der Waals surface area contributed by atoms with E-state index in [0.29, 0.717) is 13.1 Å². The summed E-state index contributed by atoms with van der Waals surface area (Å²) >= 11 is 1.58. The van der Waals surface area contributed by atoms with Gasteiger partial charge in [-0.1, -0.05) is 19.1 Å². The number of amides is 2. The van der Waals surface area contributed by atoms with Crippen LogP contribution in [0.5, 0.6) is 0 Å². The summed E-state index contributed by atoms with van der Waals surface area (Å²) in [4.78, 5) is 26.8. The minimum Gasteiger partial charge on any atom is -0.478 e. The predicted octanol–water partition coefficient (Wildman–Crippen LogP) is 2.40. The topological polar surface area (TPSA) is 91.3 Å². The molecule has 2 aromatic rings. The molecule has 0 aliphatic rings. The van der Waals surface area contributed by atoms with Crippen LogP contribution >= 0.6 is 11.3 Å². The summed E-state index contributed by atoms with van der Waals surface area (Å²) in [7, 11) is 0. The van der Waals surface area contributed by atoms with Crippen LogP contribution in [-0.4, -0.2) is 22.1 Å². The number of nitrogens with zero attached hydrogens (tertiary/aromatic N) is 1. The SMILES string of the molecule is CCc1nc(CNC(=O)NCc2ccc(C(=O)O)cc2)cs1. The van der Waals surface area contributed by atoms with Gasteiger partial charge in [-0.25, -0.2) is 14.6 Å². The number of carboxylic acids is 1. The third-order valence-electron chi connectivity index (χ3n) is 2.99. The number of nitrogens with one attached hydrogen (secondary N) is 2. The van der Waals surface area contributed by atoms with Gasteiger partial charge in [0.05, 0.1) is 22.8 Å². The standard InChI is InChI=1S/C15H17N3O3S/c1-2-13-18-12(9-22-13)8-17-15(21)16-7-10-3-5-11(6-4-10)14(19)20/h3-6,9H,2,7-8H2,1H3,(H,19,20)(H2,16,17,21). The van der Waals surface area contributed by atoms with Crippen LogP contribution in [0.1, 0.15) is 33.5 Å². The molecule has 0 spiro atoms. The van der Waals surface area contributed by atoms with Crippen molar-refractivity contribution in [2.45, 2.75) is 26.4 Å². The number of carbonyl (C=O) groups excluding carboxylic acids is 1. The van der Waals surface area contributed by atoms with Crippen molar-refractivity contribution in [1.82, 2.24) is 15.6 Å². The largest absolute Gasteiger partial charge is 0.478 e. The molecule has 0 saturated carbocycles. The quantitative estimate of drug-likeness (QED) is 0.762. The number of carbonyl (C=O) groups is 2. The van der Waals surface area contributed by atoms with Crippen molar-refractivity contribution in [1.29, 1.82) is 0 Å². The van der Waals surface area contributed by atoms with Gasteiger partial charge in [-0.2, -0.15) is 0 Å². The smallest absolute Gasteiger partial charge is 0.335 e. The van der Waals surface area contributed by atoms with Gasteiger partial charge in [0.1, 0.15) is 0 Å². The van der Waals surface area contributed by atoms with Gasteiger partial charge in [0.25, 0.3) is 0 Å². The summed E-state index contributed by atoms with van der Waals surface area (Å²) in [5, 5.41) is 17.2. The Morgan fingerprint density at radius 2 is 1.86 bits per heavy atom. The van der Waals surface area contributed by atoms with Crippen molar-refractivity contribution in [2.24, 2.45) is 0 Å². The molecule has 116 valence electrons. The third kappa shape index (κ3) is 4.56. The van der Waals surface area contributed by atoms with E-state index >= 15 is 0 Å². The Bertz CT molecular complexity index is 652. The van der Waals surface area contributed by atoms with Gasteiger partial charge in [0, 0.05) is 11.9 Å². The lowest BCUT2D eigenvalue weighted by Crippen LogP contribution is -2.34. The van der Waals surface area contributed by atoms with E-state index in [1.807, 2.05) is 12.3 Å². The number of rotatable bonds is 6. The molecule has 0 atom stereocenters. The zero-order valence-electron chi connectivity index (χ0n) is 12.1. The van der Waals surface area contributed by atoms with Gasteiger partial charge in [0.2, 0.25) is 0 Å². The molecule has 0 bridgehead atoms. The number of aromatic nitrogens is 1. The normalized spacial score (nSPS) is 10.2. The lowest BCUT2D eigenvalue weighted by molar-refractivity contribution is 0.0697. The summed E-state index contributed by atoms with van der Waals surface area (Å²) in [5.41, 5.74) is 1.91. The minimum absolute atomic E-state index is 0.225. The van der Waals surface area contributed by atoms with Gasteiger partial charge >= 0.3 is 12.0 Å². The van der Waals surface area contributed by atoms with Gasteiger partial charge < -0.3 is 15.7 Å². The Labute approximate surface area is 132 Å². The molecule has 6 nitrogen and oxygen atoms in total. The number of benzene rings is 1. The lowest BCUT2D eigenvalue weighted by Gasteiger charge is -2.07. The molecule has 0 saturated heterocycles. The highest BCUT2D eigenvalue weighted by molar-refractivity contribution is 7.09. The molecular formula is C15H17N3O3S. The molecule has 22 heavy (non-hydrogen) atoms. The Hall–Kier alpha value is -2.41. The summed E-state index contributed by atoms with van der Waals surface area (Å²) in [6.07, 6.45) is 0.892. The van der Waals surface area contributed by atoms with E-state index < -0.39 is 5.97 Å². The number of carboxylic acid groups (broad SMARTS) is 1. The molecule has 0 aliphatic carbocycles. The zero-order chi connectivity index (χ0) is 15.9. The highest BCUT2D eigenvalue weighted by Crippen LogP contribution is 2.09. The van der Waals surface area contributed by atoms with Crippen molar-refractivity contribution in [2.75, 3.05) is 0 Å². The molecule has 0 unspecified atom stereocenters. The molecule has 2 amide bonds. The maximum atomic E-state index is 11.7. The number of hydrogen-bond acceptors (Lipinski definition) is 4. The highest BCUT2D eigenvalue weighted by atomic mass is 32.1. The molecule has 1 heterocycles. The van der Waals surface area contributed by atoms with Crippen LogP contribution in [0.15, 0.2) is 29.6 Å². The molecule has 0 fully saturated rings. The highest BCUT2D eigenvalue weighted by Gasteiger charge is 2.05. The molecule has 7 heteroatoms. The Balaban J connectivity index is 1.76. The van der Waals surface area contributed by atoms with Crippen LogP contribution in [0.2, 0.25) is 0 Å². The van der Waals surface area contributed by atoms with Crippen LogP contribution in [0.4, 0.5) is 4.79 Å². The summed E-state index contributed by atoms with van der Waals surface area (Å²) in [6.45, 7) is 2.77. The number of urea groups is 1. The van der Waals surface area contributed by atoms with Crippen molar-refractivity contribution in [3.8, 4) is 0 Å². The Kier molecular flexibility index (Phi) is 5.48. The van der Waals surface area contributed by atoms with Crippen LogP contribution in [0.3, 0.4) is 0 Å². The molecule has 1 aromatic carbocycles. The second-order valence-corrected chi connectivity index (χ2v) is 5.57. The molecule has 2 rings (SSSR count). The van der Waals surface area contributed by atoms with E-state index in [1.54, 1.807) is 23.5 Å². The van der Waals surface area contributed by atoms with Crippen LogP contribution < -0.4 is 10.6 Å². The van der Waals surface area contributed by atoms with Gasteiger partial charge in [-0.05, 0) is 24.1 Å². The summed E-state index contributed by atoms with van der Waals surface area (Å²) < 4.78 is 0. The van der Waals surface area contributed by atoms with Crippen molar-refractivity contribution < 1.29 is 14.7 Å². The average molecular weight is 319 g/mol. The second-order valence-electron chi connectivity index (χ2n) is 4.62. The molecule has 0 radical (unpaired) electrons. The van der Waals surface area contributed by atoms with Crippen molar-refractivity contribution >= 4 is 23.3 Å². The summed E-state index contributed by atoms with van der Waals surface area (Å²) in [6, 6.07) is 6.10. The maximum Gasteiger partial charge on any atom is 0.335 e. The number of hydrogen-bond donors (Lipinski definition) is 3. The fraction of sp³-hybridized carbons (Fsp3) is 0.267. The second kappa shape index (κ2) is 7.56. The molecule has 3 N–H and O–H groups in total. The van der Waals surface area contributed by atoms with Crippen LogP contribution in [-0.2, 0) is 19.5 Å². The average Bonchev–Trinajstić information content (AvgIpc) is 2.99. The first-order valence-corrected chi connectivity index (χ1v) is 7.73. The zero-order valence-corrected chi connectivity index (χ0v) is 12.9. The van der Waals surface area contributed by atoms with Crippen LogP contribution in [0.25, 0.3) is 0 Å². The third-order valence-corrected chi connectivity index (χ3v) is 4.03. The predicted molar refractivity (Wildman–Crippen MR) is 84.0 cm³/mol. The Morgan fingerprint density at radius 1 is 1.18 bits per heavy atom. The number of thiazole rings is 1. The van der Waals surface area contributed by atoms with Gasteiger partial charge in [-0.15, -0.1) is 11.3 Å². The van der Waals surface area contributed by atoms with E-state index in [-0.39, 0.29) is 11.6 Å². The van der Waals surface area contributed by atoms with Gasteiger partial charge in [0.15, 0.2) is 0 Å². The minimum atomic E-state index is -0.966. The summed E-state index contributed by atoms with van der Waals surface area (Å²) in [5.74, 6) is -0.966. The van der Waals surface area contributed by atoms with E-state index in [1.165, 1.54) is 12.1 Å². The first-order chi connectivity index (χ1) is 10.6. The van der Waals surface area contributed by atoms with E-state index in [2.05, 4.69) is 15.6 Å². The number of aromatic carboxylic acids is 1. The monoisotopic (exact) mass is 319 g/mol. The fourth-order valence-electron chi connectivity index (χ4n) is 1.77. The first-order valence-electron chi connectivity index (χ1n) is 6.85. The van der Waals surface area contributed by atoms with Gasteiger partial charge in [-0.3, -0.25) is 0 Å². The molecule has 1 aromatic heterocycles. The van der Waals surface area contributed by atoms with Crippen molar-refractivity contribution in [3.63, 3.8) is 0 Å². The van der Waals surface area contributed by atoms with Crippen molar-refractivity contribution in [3.05, 3.63) is 51.5 Å². The maximum absolute atomic E-state index is 11.7. The Morgan fingerprint density at radius 3 is 2.45 bits per heavy atom. The number of aryl methyl sites for hydroxylation is 1. The van der Waals surface area contributed by atoms with Crippen LogP contribution in [0, 0.1) is 0 Å². The van der Waals surface area contributed by atoms with E-state index in [0.717, 1.165) is 22.7 Å². The first kappa shape index (κ1) is 16.0. The lowest BCUT2D eigenvalue weighted by atomic mass is 10.1.